The molecule has 2 rings (SSSR count). The van der Waals surface area contributed by atoms with Gasteiger partial charge in [-0.3, -0.25) is 0 Å². The summed E-state index contributed by atoms with van der Waals surface area (Å²) >= 11 is 9.02. The lowest BCUT2D eigenvalue weighted by molar-refractivity contribution is -0.144. The van der Waals surface area contributed by atoms with E-state index in [1.54, 1.807) is 18.9 Å². The summed E-state index contributed by atoms with van der Waals surface area (Å²) in [5, 5.41) is 0. The van der Waals surface area contributed by atoms with E-state index >= 15 is 0 Å². The van der Waals surface area contributed by atoms with Crippen molar-refractivity contribution in [3.05, 3.63) is 29.8 Å². The number of carbonyl (C=O) groups excluding carboxylic acids is 1. The third-order valence-electron chi connectivity index (χ3n) is 4.90. The molecule has 1 aromatic rings. The largest absolute Gasteiger partial charge is 0.497 e. The Bertz CT molecular complexity index is 617. The Hall–Kier alpha value is -0.920. The number of hydrogen-bond acceptors (Lipinski definition) is 6. The molecule has 1 heterocycles. The fourth-order valence-electron chi connectivity index (χ4n) is 2.95. The second-order valence-electron chi connectivity index (χ2n) is 6.27. The standard InChI is InChI=1S/C19H27NO3S3/c1-5-19(6-2,26-11-14-7-9-15(22-3)10-8-14)13-20-16(17(21)23-4)12-25-18(20)24/h7-10,16H,5-6,11-13H2,1-4H3/t16-/m0/s1. The van der Waals surface area contributed by atoms with E-state index in [9.17, 15) is 4.79 Å². The molecule has 7 heteroatoms. The third-order valence-corrected chi connectivity index (χ3v) is 8.25. The minimum atomic E-state index is -0.267. The number of nitrogens with zero attached hydrogens (tertiary/aromatic N) is 1. The smallest absolute Gasteiger partial charge is 0.329 e. The Balaban J connectivity index is 2.09. The van der Waals surface area contributed by atoms with Crippen molar-refractivity contribution < 1.29 is 14.3 Å². The second kappa shape index (κ2) is 9.85. The van der Waals surface area contributed by atoms with Crippen molar-refractivity contribution in [1.29, 1.82) is 0 Å². The van der Waals surface area contributed by atoms with E-state index in [0.717, 1.165) is 35.2 Å². The molecule has 1 saturated heterocycles. The maximum absolute atomic E-state index is 12.1. The van der Waals surface area contributed by atoms with Gasteiger partial charge in [0.05, 0.1) is 14.2 Å². The monoisotopic (exact) mass is 413 g/mol. The van der Waals surface area contributed by atoms with Crippen molar-refractivity contribution in [2.24, 2.45) is 0 Å². The Morgan fingerprint density at radius 3 is 2.50 bits per heavy atom. The molecule has 1 aliphatic heterocycles. The van der Waals surface area contributed by atoms with Crippen LogP contribution in [-0.2, 0) is 15.3 Å². The first-order chi connectivity index (χ1) is 12.5. The molecule has 144 valence electrons. The summed E-state index contributed by atoms with van der Waals surface area (Å²) in [7, 11) is 3.12. The zero-order valence-electron chi connectivity index (χ0n) is 15.8. The molecule has 4 nitrogen and oxygen atoms in total. The summed E-state index contributed by atoms with van der Waals surface area (Å²) in [4.78, 5) is 14.2. The summed E-state index contributed by atoms with van der Waals surface area (Å²) in [5.41, 5.74) is 1.27. The van der Waals surface area contributed by atoms with Gasteiger partial charge in [-0.05, 0) is 30.5 Å². The third kappa shape index (κ3) is 5.08. The molecule has 0 unspecified atom stereocenters. The second-order valence-corrected chi connectivity index (χ2v) is 9.37. The van der Waals surface area contributed by atoms with E-state index in [1.807, 2.05) is 23.9 Å². The van der Waals surface area contributed by atoms with Gasteiger partial charge in [0.2, 0.25) is 0 Å². The van der Waals surface area contributed by atoms with Crippen LogP contribution in [0.5, 0.6) is 5.75 Å². The van der Waals surface area contributed by atoms with Crippen molar-refractivity contribution >= 4 is 46.0 Å². The van der Waals surface area contributed by atoms with Gasteiger partial charge in [0.1, 0.15) is 16.1 Å². The number of thioether (sulfide) groups is 2. The molecule has 0 saturated carbocycles. The summed E-state index contributed by atoms with van der Waals surface area (Å²) in [6.07, 6.45) is 2.03. The van der Waals surface area contributed by atoms with Crippen LogP contribution in [0.1, 0.15) is 32.3 Å². The number of ether oxygens (including phenoxy) is 2. The number of carbonyl (C=O) groups is 1. The van der Waals surface area contributed by atoms with Crippen LogP contribution >= 0.6 is 35.7 Å². The topological polar surface area (TPSA) is 38.8 Å². The maximum Gasteiger partial charge on any atom is 0.329 e. The quantitative estimate of drug-likeness (QED) is 0.440. The SMILES string of the molecule is CCC(CC)(CN1C(=S)SC[C@H]1C(=O)OC)SCc1ccc(OC)cc1. The van der Waals surface area contributed by atoms with Crippen LogP contribution in [-0.4, -0.2) is 52.5 Å². The molecule has 1 fully saturated rings. The van der Waals surface area contributed by atoms with Crippen LogP contribution in [0.25, 0.3) is 0 Å². The first-order valence-corrected chi connectivity index (χ1v) is 11.1. The van der Waals surface area contributed by atoms with Gasteiger partial charge in [-0.15, -0.1) is 11.8 Å². The summed E-state index contributed by atoms with van der Waals surface area (Å²) in [5.74, 6) is 2.27. The van der Waals surface area contributed by atoms with Crippen molar-refractivity contribution in [3.63, 3.8) is 0 Å². The number of methoxy groups -OCH3 is 2. The molecule has 26 heavy (non-hydrogen) atoms. The van der Waals surface area contributed by atoms with Gasteiger partial charge in [0, 0.05) is 22.8 Å². The number of hydrogen-bond donors (Lipinski definition) is 0. The van der Waals surface area contributed by atoms with E-state index in [4.69, 9.17) is 21.7 Å². The fraction of sp³-hybridized carbons (Fsp3) is 0.579. The summed E-state index contributed by atoms with van der Waals surface area (Å²) in [6, 6.07) is 7.94. The van der Waals surface area contributed by atoms with Gasteiger partial charge in [-0.1, -0.05) is 50.0 Å². The van der Waals surface area contributed by atoms with E-state index in [1.165, 1.54) is 12.7 Å². The van der Waals surface area contributed by atoms with E-state index in [-0.39, 0.29) is 16.8 Å². The first-order valence-electron chi connectivity index (χ1n) is 8.76. The average molecular weight is 414 g/mol. The molecule has 0 bridgehead atoms. The lowest BCUT2D eigenvalue weighted by Crippen LogP contribution is -2.47. The van der Waals surface area contributed by atoms with Crippen molar-refractivity contribution in [3.8, 4) is 5.75 Å². The minimum absolute atomic E-state index is 0.0428. The van der Waals surface area contributed by atoms with Gasteiger partial charge in [-0.2, -0.15) is 0 Å². The van der Waals surface area contributed by atoms with Gasteiger partial charge in [0.15, 0.2) is 0 Å². The average Bonchev–Trinajstić information content (AvgIpc) is 3.05. The van der Waals surface area contributed by atoms with E-state index in [0.29, 0.717) is 5.75 Å². The lowest BCUT2D eigenvalue weighted by Gasteiger charge is -2.37. The van der Waals surface area contributed by atoms with Gasteiger partial charge in [0.25, 0.3) is 0 Å². The van der Waals surface area contributed by atoms with E-state index < -0.39 is 0 Å². The van der Waals surface area contributed by atoms with Crippen LogP contribution in [0, 0.1) is 0 Å². The molecule has 0 aliphatic carbocycles. The number of rotatable bonds is 9. The number of benzene rings is 1. The fourth-order valence-corrected chi connectivity index (χ4v) is 5.62. The van der Waals surface area contributed by atoms with Gasteiger partial charge in [-0.25, -0.2) is 4.79 Å². The van der Waals surface area contributed by atoms with Gasteiger partial charge >= 0.3 is 5.97 Å². The lowest BCUT2D eigenvalue weighted by atomic mass is 10.0. The maximum atomic E-state index is 12.1. The zero-order valence-corrected chi connectivity index (χ0v) is 18.3. The highest BCUT2D eigenvalue weighted by atomic mass is 32.2. The summed E-state index contributed by atoms with van der Waals surface area (Å²) < 4.78 is 11.0. The number of thiocarbonyl (C=S) groups is 1. The van der Waals surface area contributed by atoms with Crippen LogP contribution in [0.2, 0.25) is 0 Å². The molecule has 0 N–H and O–H groups in total. The molecule has 0 radical (unpaired) electrons. The molecular weight excluding hydrogens is 386 g/mol. The van der Waals surface area contributed by atoms with Crippen molar-refractivity contribution in [2.45, 2.75) is 43.2 Å². The Labute approximate surface area is 170 Å². The Morgan fingerprint density at radius 1 is 1.31 bits per heavy atom. The zero-order chi connectivity index (χ0) is 19.2. The molecule has 0 spiro atoms. The minimum Gasteiger partial charge on any atom is -0.497 e. The molecule has 1 aliphatic rings. The van der Waals surface area contributed by atoms with Crippen molar-refractivity contribution in [1.82, 2.24) is 4.90 Å². The van der Waals surface area contributed by atoms with Gasteiger partial charge < -0.3 is 14.4 Å². The van der Waals surface area contributed by atoms with Crippen LogP contribution in [0.4, 0.5) is 0 Å². The summed E-state index contributed by atoms with van der Waals surface area (Å²) in [6.45, 7) is 5.19. The molecule has 0 aromatic heterocycles. The first kappa shape index (κ1) is 21.4. The normalized spacial score (nSPS) is 17.5. The Morgan fingerprint density at radius 2 is 1.96 bits per heavy atom. The molecular formula is C19H27NO3S3. The number of esters is 1. The molecule has 0 amide bonds. The molecule has 1 aromatic carbocycles. The molecule has 1 atom stereocenters. The van der Waals surface area contributed by atoms with E-state index in [2.05, 4.69) is 30.9 Å². The van der Waals surface area contributed by atoms with Crippen LogP contribution < -0.4 is 4.74 Å². The predicted molar refractivity (Wildman–Crippen MR) is 115 cm³/mol. The highest BCUT2D eigenvalue weighted by molar-refractivity contribution is 8.23. The highest BCUT2D eigenvalue weighted by Crippen LogP contribution is 2.39. The highest BCUT2D eigenvalue weighted by Gasteiger charge is 2.40. The Kier molecular flexibility index (Phi) is 8.10. The van der Waals surface area contributed by atoms with Crippen molar-refractivity contribution in [2.75, 3.05) is 26.5 Å². The predicted octanol–water partition coefficient (Wildman–Crippen LogP) is 4.36. The van der Waals surface area contributed by atoms with Crippen LogP contribution in [0.15, 0.2) is 24.3 Å². The van der Waals surface area contributed by atoms with Crippen LogP contribution in [0.3, 0.4) is 0 Å².